The summed E-state index contributed by atoms with van der Waals surface area (Å²) in [5.74, 6) is 0.511. The molecule has 0 bridgehead atoms. The Bertz CT molecular complexity index is 265. The standard InChI is InChI=1S/C8H9N2O2/c11-8(7-3-4-12-10-7)9-5-6-1-2-6/h3,6H,1-2,5H2,(H,9,11). The van der Waals surface area contributed by atoms with Gasteiger partial charge in [-0.2, -0.15) is 0 Å². The monoisotopic (exact) mass is 165 g/mol. The van der Waals surface area contributed by atoms with E-state index in [1.807, 2.05) is 0 Å². The molecule has 0 aromatic carbocycles. The maximum absolute atomic E-state index is 11.2. The average Bonchev–Trinajstić information content (AvgIpc) is 2.74. The molecule has 0 saturated heterocycles. The molecule has 0 aliphatic heterocycles. The van der Waals surface area contributed by atoms with Gasteiger partial charge in [0.15, 0.2) is 5.69 Å². The van der Waals surface area contributed by atoms with E-state index in [1.165, 1.54) is 18.9 Å². The van der Waals surface area contributed by atoms with Crippen molar-refractivity contribution in [2.24, 2.45) is 5.92 Å². The number of hydrogen-bond acceptors (Lipinski definition) is 3. The highest BCUT2D eigenvalue weighted by atomic mass is 16.5. The summed E-state index contributed by atoms with van der Waals surface area (Å²) in [6, 6.07) is 1.43. The summed E-state index contributed by atoms with van der Waals surface area (Å²) < 4.78 is 4.42. The number of nitrogens with zero attached hydrogens (tertiary/aromatic N) is 1. The minimum absolute atomic E-state index is 0.174. The first-order valence-corrected chi connectivity index (χ1v) is 3.97. The van der Waals surface area contributed by atoms with Crippen LogP contribution in [0.15, 0.2) is 10.6 Å². The summed E-state index contributed by atoms with van der Waals surface area (Å²) in [6.07, 6.45) is 4.82. The van der Waals surface area contributed by atoms with Gasteiger partial charge in [0.1, 0.15) is 0 Å². The summed E-state index contributed by atoms with van der Waals surface area (Å²) in [6.45, 7) is 0.756. The third kappa shape index (κ3) is 1.64. The summed E-state index contributed by atoms with van der Waals surface area (Å²) in [4.78, 5) is 11.2. The van der Waals surface area contributed by atoms with Gasteiger partial charge in [-0.05, 0) is 18.8 Å². The van der Waals surface area contributed by atoms with Crippen LogP contribution in [0, 0.1) is 12.2 Å². The van der Waals surface area contributed by atoms with E-state index in [0.717, 1.165) is 6.54 Å². The molecule has 4 heteroatoms. The van der Waals surface area contributed by atoms with Crippen molar-refractivity contribution < 1.29 is 9.32 Å². The van der Waals surface area contributed by atoms with Crippen molar-refractivity contribution in [2.75, 3.05) is 6.54 Å². The van der Waals surface area contributed by atoms with Crippen LogP contribution in [0.5, 0.6) is 0 Å². The van der Waals surface area contributed by atoms with Crippen LogP contribution in [0.4, 0.5) is 0 Å². The predicted octanol–water partition coefficient (Wildman–Crippen LogP) is 0.615. The van der Waals surface area contributed by atoms with Gasteiger partial charge in [-0.1, -0.05) is 5.16 Å². The molecule has 0 atom stereocenters. The zero-order valence-corrected chi connectivity index (χ0v) is 6.54. The maximum Gasteiger partial charge on any atom is 0.273 e. The lowest BCUT2D eigenvalue weighted by Gasteiger charge is -1.98. The second kappa shape index (κ2) is 2.97. The highest BCUT2D eigenvalue weighted by Gasteiger charge is 2.22. The molecule has 1 aromatic rings. The first-order valence-electron chi connectivity index (χ1n) is 3.97. The lowest BCUT2D eigenvalue weighted by atomic mass is 10.3. The maximum atomic E-state index is 11.2. The Kier molecular flexibility index (Phi) is 1.81. The van der Waals surface area contributed by atoms with Crippen molar-refractivity contribution in [3.05, 3.63) is 18.0 Å². The van der Waals surface area contributed by atoms with Gasteiger partial charge in [-0.3, -0.25) is 4.79 Å². The molecule has 1 amide bonds. The van der Waals surface area contributed by atoms with Crippen LogP contribution in [-0.4, -0.2) is 17.6 Å². The molecular formula is C8H9N2O2. The fraction of sp³-hybridized carbons (Fsp3) is 0.500. The van der Waals surface area contributed by atoms with Gasteiger partial charge in [-0.15, -0.1) is 0 Å². The molecule has 63 valence electrons. The molecule has 1 heterocycles. The molecule has 0 spiro atoms. The van der Waals surface area contributed by atoms with Gasteiger partial charge in [0.2, 0.25) is 6.26 Å². The van der Waals surface area contributed by atoms with Crippen molar-refractivity contribution >= 4 is 5.91 Å². The third-order valence-corrected chi connectivity index (χ3v) is 1.87. The van der Waals surface area contributed by atoms with E-state index in [0.29, 0.717) is 11.6 Å². The van der Waals surface area contributed by atoms with Crippen LogP contribution in [-0.2, 0) is 0 Å². The van der Waals surface area contributed by atoms with Crippen LogP contribution in [0.1, 0.15) is 23.3 Å². The van der Waals surface area contributed by atoms with E-state index in [-0.39, 0.29) is 5.91 Å². The van der Waals surface area contributed by atoms with Crippen molar-refractivity contribution in [1.82, 2.24) is 10.5 Å². The van der Waals surface area contributed by atoms with Gasteiger partial charge in [0.25, 0.3) is 5.91 Å². The molecule has 1 N–H and O–H groups in total. The third-order valence-electron chi connectivity index (χ3n) is 1.87. The first kappa shape index (κ1) is 7.34. The van der Waals surface area contributed by atoms with Gasteiger partial charge >= 0.3 is 0 Å². The second-order valence-electron chi connectivity index (χ2n) is 2.98. The van der Waals surface area contributed by atoms with E-state index >= 15 is 0 Å². The minimum Gasteiger partial charge on any atom is -0.352 e. The Labute approximate surface area is 69.9 Å². The van der Waals surface area contributed by atoms with Crippen LogP contribution in [0.25, 0.3) is 0 Å². The fourth-order valence-corrected chi connectivity index (χ4v) is 0.941. The van der Waals surface area contributed by atoms with E-state index in [2.05, 4.69) is 21.3 Å². The first-order chi connectivity index (χ1) is 5.86. The van der Waals surface area contributed by atoms with E-state index < -0.39 is 0 Å². The van der Waals surface area contributed by atoms with E-state index in [1.54, 1.807) is 0 Å². The molecule has 1 saturated carbocycles. The number of aromatic nitrogens is 1. The number of hydrogen-bond donors (Lipinski definition) is 1. The lowest BCUT2D eigenvalue weighted by molar-refractivity contribution is 0.0942. The number of rotatable bonds is 3. The predicted molar refractivity (Wildman–Crippen MR) is 40.4 cm³/mol. The van der Waals surface area contributed by atoms with E-state index in [4.69, 9.17) is 0 Å². The largest absolute Gasteiger partial charge is 0.352 e. The summed E-state index contributed by atoms with van der Waals surface area (Å²) in [5, 5.41) is 6.24. The molecule has 4 nitrogen and oxygen atoms in total. The summed E-state index contributed by atoms with van der Waals surface area (Å²) >= 11 is 0. The van der Waals surface area contributed by atoms with Crippen LogP contribution < -0.4 is 5.32 Å². The fourth-order valence-electron chi connectivity index (χ4n) is 0.941. The smallest absolute Gasteiger partial charge is 0.273 e. The molecule has 0 unspecified atom stereocenters. The molecule has 1 radical (unpaired) electrons. The van der Waals surface area contributed by atoms with Crippen LogP contribution in [0.3, 0.4) is 0 Å². The van der Waals surface area contributed by atoms with Crippen LogP contribution in [0.2, 0.25) is 0 Å². The molecule has 1 aliphatic rings. The second-order valence-corrected chi connectivity index (χ2v) is 2.98. The molecular weight excluding hydrogens is 156 g/mol. The molecule has 2 rings (SSSR count). The molecule has 1 fully saturated rings. The Morgan fingerprint density at radius 3 is 3.25 bits per heavy atom. The molecule has 1 aliphatic carbocycles. The highest BCUT2D eigenvalue weighted by Crippen LogP contribution is 2.27. The number of nitrogens with one attached hydrogen (secondary N) is 1. The Morgan fingerprint density at radius 2 is 2.67 bits per heavy atom. The SMILES string of the molecule is O=C(NCC1CC1)c1c[c]on1. The summed E-state index contributed by atoms with van der Waals surface area (Å²) in [7, 11) is 0. The zero-order chi connectivity index (χ0) is 8.39. The van der Waals surface area contributed by atoms with Gasteiger partial charge < -0.3 is 9.84 Å². The molecule has 12 heavy (non-hydrogen) atoms. The Morgan fingerprint density at radius 1 is 1.83 bits per heavy atom. The minimum atomic E-state index is -0.174. The van der Waals surface area contributed by atoms with Gasteiger partial charge in [0, 0.05) is 12.6 Å². The zero-order valence-electron chi connectivity index (χ0n) is 6.54. The number of carbonyl (C=O) groups is 1. The Balaban J connectivity index is 1.83. The quantitative estimate of drug-likeness (QED) is 0.714. The van der Waals surface area contributed by atoms with E-state index in [9.17, 15) is 4.79 Å². The summed E-state index contributed by atoms with van der Waals surface area (Å²) in [5.41, 5.74) is 0.302. The van der Waals surface area contributed by atoms with Crippen molar-refractivity contribution in [2.45, 2.75) is 12.8 Å². The van der Waals surface area contributed by atoms with Crippen molar-refractivity contribution in [1.29, 1.82) is 0 Å². The number of carbonyl (C=O) groups excluding carboxylic acids is 1. The lowest BCUT2D eigenvalue weighted by Crippen LogP contribution is -2.25. The number of amides is 1. The highest BCUT2D eigenvalue weighted by molar-refractivity contribution is 5.91. The van der Waals surface area contributed by atoms with Gasteiger partial charge in [-0.25, -0.2) is 0 Å². The normalized spacial score (nSPS) is 16.0. The average molecular weight is 165 g/mol. The van der Waals surface area contributed by atoms with Gasteiger partial charge in [0.05, 0.1) is 0 Å². The molecule has 1 aromatic heterocycles. The van der Waals surface area contributed by atoms with Crippen LogP contribution >= 0.6 is 0 Å². The van der Waals surface area contributed by atoms with Crippen molar-refractivity contribution in [3.8, 4) is 0 Å². The topological polar surface area (TPSA) is 55.1 Å². The van der Waals surface area contributed by atoms with Crippen molar-refractivity contribution in [3.63, 3.8) is 0 Å². The Hall–Kier alpha value is -1.32.